The molecular weight excluding hydrogens is 392 g/mol. The molecule has 2 saturated heterocycles. The smallest absolute Gasteiger partial charge is 0.146 e. The van der Waals surface area contributed by atoms with Crippen LogP contribution in [0.1, 0.15) is 44.3 Å². The summed E-state index contributed by atoms with van der Waals surface area (Å²) in [6.07, 6.45) is 7.21. The molecule has 1 atom stereocenters. The van der Waals surface area contributed by atoms with E-state index in [1.54, 1.807) is 11.3 Å². The van der Waals surface area contributed by atoms with Crippen LogP contribution in [0.5, 0.6) is 0 Å². The van der Waals surface area contributed by atoms with Crippen molar-refractivity contribution < 1.29 is 5.11 Å². The lowest BCUT2D eigenvalue weighted by Crippen LogP contribution is -2.42. The molecule has 4 heterocycles. The molecule has 0 radical (unpaired) electrons. The second kappa shape index (κ2) is 9.00. The van der Waals surface area contributed by atoms with E-state index in [4.69, 9.17) is 9.97 Å². The van der Waals surface area contributed by atoms with Crippen LogP contribution in [0.2, 0.25) is 0 Å². The summed E-state index contributed by atoms with van der Waals surface area (Å²) in [5.74, 6) is 1.94. The second-order valence-corrected chi connectivity index (χ2v) is 9.38. The number of hydrogen-bond donors (Lipinski definition) is 1. The van der Waals surface area contributed by atoms with Gasteiger partial charge in [-0.15, -0.1) is 11.3 Å². The van der Waals surface area contributed by atoms with E-state index in [-0.39, 0.29) is 12.6 Å². The van der Waals surface area contributed by atoms with Gasteiger partial charge >= 0.3 is 0 Å². The fourth-order valence-electron chi connectivity index (χ4n) is 4.86. The van der Waals surface area contributed by atoms with Crippen molar-refractivity contribution in [1.29, 1.82) is 0 Å². The maximum Gasteiger partial charge on any atom is 0.146 e. The number of benzene rings is 1. The van der Waals surface area contributed by atoms with Gasteiger partial charge in [-0.1, -0.05) is 36.8 Å². The number of aliphatic hydroxyl groups excluding tert-OH is 1. The van der Waals surface area contributed by atoms with Gasteiger partial charge in [-0.3, -0.25) is 4.90 Å². The van der Waals surface area contributed by atoms with E-state index in [0.29, 0.717) is 0 Å². The van der Waals surface area contributed by atoms with Gasteiger partial charge < -0.3 is 10.0 Å². The Morgan fingerprint density at radius 1 is 0.967 bits per heavy atom. The number of rotatable bonds is 5. The van der Waals surface area contributed by atoms with Crippen LogP contribution in [-0.4, -0.2) is 52.3 Å². The summed E-state index contributed by atoms with van der Waals surface area (Å²) in [7, 11) is 0. The SMILES string of the molecule is OCC1CCCCN1c1nc(CN2CCCCC2)nc2scc(-c3ccccc3)c12. The quantitative estimate of drug-likeness (QED) is 0.646. The number of anilines is 1. The van der Waals surface area contributed by atoms with Gasteiger partial charge in [0.15, 0.2) is 0 Å². The third kappa shape index (κ3) is 3.96. The van der Waals surface area contributed by atoms with Crippen LogP contribution in [0.15, 0.2) is 35.7 Å². The van der Waals surface area contributed by atoms with Crippen molar-refractivity contribution in [1.82, 2.24) is 14.9 Å². The van der Waals surface area contributed by atoms with Crippen molar-refractivity contribution in [2.75, 3.05) is 31.1 Å². The van der Waals surface area contributed by atoms with Crippen LogP contribution < -0.4 is 4.90 Å². The lowest BCUT2D eigenvalue weighted by Gasteiger charge is -2.36. The predicted octanol–water partition coefficient (Wildman–Crippen LogP) is 4.70. The summed E-state index contributed by atoms with van der Waals surface area (Å²) in [6.45, 7) is 4.22. The third-order valence-electron chi connectivity index (χ3n) is 6.47. The van der Waals surface area contributed by atoms with Gasteiger partial charge in [0.05, 0.1) is 24.6 Å². The monoisotopic (exact) mass is 422 g/mol. The zero-order valence-electron chi connectivity index (χ0n) is 17.5. The van der Waals surface area contributed by atoms with Crippen LogP contribution in [-0.2, 0) is 6.54 Å². The molecule has 2 aromatic heterocycles. The standard InChI is InChI=1S/C24H30N4OS/c29-16-19-11-5-8-14-28(19)23-22-20(18-9-3-1-4-10-18)17-30-24(22)26-21(25-23)15-27-12-6-2-7-13-27/h1,3-4,9-10,17,19,29H,2,5-8,11-16H2. The van der Waals surface area contributed by atoms with E-state index < -0.39 is 0 Å². The summed E-state index contributed by atoms with van der Waals surface area (Å²) in [6, 6.07) is 10.7. The molecule has 1 aromatic carbocycles. The average molecular weight is 423 g/mol. The molecule has 0 spiro atoms. The molecule has 3 aromatic rings. The maximum atomic E-state index is 10.1. The zero-order chi connectivity index (χ0) is 20.3. The van der Waals surface area contributed by atoms with Gasteiger partial charge in [0.25, 0.3) is 0 Å². The first kappa shape index (κ1) is 19.9. The molecule has 2 fully saturated rings. The topological polar surface area (TPSA) is 52.5 Å². The first-order chi connectivity index (χ1) is 14.8. The minimum absolute atomic E-state index is 0.142. The molecule has 2 aliphatic heterocycles. The molecule has 6 heteroatoms. The minimum Gasteiger partial charge on any atom is -0.394 e. The van der Waals surface area contributed by atoms with Gasteiger partial charge in [-0.2, -0.15) is 0 Å². The fraction of sp³-hybridized carbons (Fsp3) is 0.500. The van der Waals surface area contributed by atoms with Crippen molar-refractivity contribution in [3.8, 4) is 11.1 Å². The third-order valence-corrected chi connectivity index (χ3v) is 7.34. The molecule has 158 valence electrons. The number of fused-ring (bicyclic) bond motifs is 1. The Balaban J connectivity index is 1.61. The molecule has 0 saturated carbocycles. The predicted molar refractivity (Wildman–Crippen MR) is 124 cm³/mol. The van der Waals surface area contributed by atoms with E-state index in [2.05, 4.69) is 45.5 Å². The van der Waals surface area contributed by atoms with E-state index in [1.165, 1.54) is 36.8 Å². The molecule has 0 amide bonds. The summed E-state index contributed by atoms with van der Waals surface area (Å²) in [5.41, 5.74) is 2.41. The fourth-order valence-corrected chi connectivity index (χ4v) is 5.82. The molecule has 5 rings (SSSR count). The largest absolute Gasteiger partial charge is 0.394 e. The van der Waals surface area contributed by atoms with Crippen molar-refractivity contribution in [3.05, 3.63) is 41.5 Å². The van der Waals surface area contributed by atoms with Gasteiger partial charge in [-0.05, 0) is 50.8 Å². The average Bonchev–Trinajstić information content (AvgIpc) is 3.24. The molecule has 1 N–H and O–H groups in total. The molecule has 30 heavy (non-hydrogen) atoms. The number of thiophene rings is 1. The van der Waals surface area contributed by atoms with Crippen LogP contribution in [0.4, 0.5) is 5.82 Å². The maximum absolute atomic E-state index is 10.1. The Bertz CT molecular complexity index is 984. The van der Waals surface area contributed by atoms with Crippen molar-refractivity contribution in [2.45, 2.75) is 51.1 Å². The van der Waals surface area contributed by atoms with E-state index in [9.17, 15) is 5.11 Å². The number of piperidine rings is 2. The summed E-state index contributed by atoms with van der Waals surface area (Å²) in [4.78, 5) is 16.0. The van der Waals surface area contributed by atoms with Crippen molar-refractivity contribution in [2.24, 2.45) is 0 Å². The number of aromatic nitrogens is 2. The second-order valence-electron chi connectivity index (χ2n) is 8.52. The number of nitrogens with zero attached hydrogens (tertiary/aromatic N) is 4. The first-order valence-electron chi connectivity index (χ1n) is 11.3. The molecular formula is C24H30N4OS. The van der Waals surface area contributed by atoms with Crippen molar-refractivity contribution >= 4 is 27.4 Å². The normalized spacial score (nSPS) is 20.7. The Morgan fingerprint density at radius 2 is 1.77 bits per heavy atom. The van der Waals surface area contributed by atoms with Crippen LogP contribution >= 0.6 is 11.3 Å². The summed E-state index contributed by atoms with van der Waals surface area (Å²) < 4.78 is 0. The minimum atomic E-state index is 0.142. The highest BCUT2D eigenvalue weighted by Gasteiger charge is 2.27. The Morgan fingerprint density at radius 3 is 2.57 bits per heavy atom. The molecule has 1 unspecified atom stereocenters. The Labute approximate surface area is 182 Å². The molecule has 0 bridgehead atoms. The molecule has 5 nitrogen and oxygen atoms in total. The molecule has 2 aliphatic rings. The lowest BCUT2D eigenvalue weighted by atomic mass is 10.0. The van der Waals surface area contributed by atoms with Crippen molar-refractivity contribution in [3.63, 3.8) is 0 Å². The van der Waals surface area contributed by atoms with Crippen LogP contribution in [0, 0.1) is 0 Å². The van der Waals surface area contributed by atoms with Crippen LogP contribution in [0.25, 0.3) is 21.3 Å². The zero-order valence-corrected chi connectivity index (χ0v) is 18.3. The number of likely N-dealkylation sites (tertiary alicyclic amines) is 1. The number of hydrogen-bond acceptors (Lipinski definition) is 6. The van der Waals surface area contributed by atoms with E-state index in [0.717, 1.165) is 60.9 Å². The highest BCUT2D eigenvalue weighted by Crippen LogP contribution is 2.40. The number of aliphatic hydroxyl groups is 1. The van der Waals surface area contributed by atoms with Crippen LogP contribution in [0.3, 0.4) is 0 Å². The molecule has 0 aliphatic carbocycles. The van der Waals surface area contributed by atoms with Gasteiger partial charge in [0, 0.05) is 17.5 Å². The van der Waals surface area contributed by atoms with E-state index in [1.807, 2.05) is 0 Å². The Kier molecular flexibility index (Phi) is 5.97. The van der Waals surface area contributed by atoms with Gasteiger partial charge in [0.1, 0.15) is 16.5 Å². The van der Waals surface area contributed by atoms with Gasteiger partial charge in [-0.25, -0.2) is 9.97 Å². The summed E-state index contributed by atoms with van der Waals surface area (Å²) in [5, 5.41) is 13.4. The highest BCUT2D eigenvalue weighted by molar-refractivity contribution is 7.17. The van der Waals surface area contributed by atoms with Gasteiger partial charge in [0.2, 0.25) is 0 Å². The Hall–Kier alpha value is -2.02. The first-order valence-corrected chi connectivity index (χ1v) is 12.1. The lowest BCUT2D eigenvalue weighted by molar-refractivity contribution is 0.216. The summed E-state index contributed by atoms with van der Waals surface area (Å²) >= 11 is 1.71. The van der Waals surface area contributed by atoms with E-state index >= 15 is 0 Å². The highest BCUT2D eigenvalue weighted by atomic mass is 32.1.